The summed E-state index contributed by atoms with van der Waals surface area (Å²) in [5.74, 6) is 2.02. The molecule has 35 heavy (non-hydrogen) atoms. The highest BCUT2D eigenvalue weighted by Crippen LogP contribution is 2.22. The van der Waals surface area contributed by atoms with Crippen molar-refractivity contribution in [2.24, 2.45) is 0 Å². The van der Waals surface area contributed by atoms with Crippen LogP contribution in [-0.4, -0.2) is 39.4 Å². The lowest BCUT2D eigenvalue weighted by Gasteiger charge is -2.22. The van der Waals surface area contributed by atoms with Gasteiger partial charge in [-0.25, -0.2) is 8.42 Å². The summed E-state index contributed by atoms with van der Waals surface area (Å²) in [6.45, 7) is 0.619. The maximum atomic E-state index is 12.4. The summed E-state index contributed by atoms with van der Waals surface area (Å²) >= 11 is 7.66. The van der Waals surface area contributed by atoms with Gasteiger partial charge in [0.25, 0.3) is 0 Å². The molecule has 9 heteroatoms. The van der Waals surface area contributed by atoms with Gasteiger partial charge in [0.1, 0.15) is 18.9 Å². The topological polar surface area (TPSA) is 75.7 Å². The summed E-state index contributed by atoms with van der Waals surface area (Å²) in [5.41, 5.74) is 2.64. The van der Waals surface area contributed by atoms with Crippen LogP contribution in [0.15, 0.2) is 78.9 Å². The van der Waals surface area contributed by atoms with E-state index in [1.165, 1.54) is 5.56 Å². The SMILES string of the molecule is CS(=O)(=O)N(CC(=O)NCCCSCc1ccc(Cl)cc1)c1ccc(OCc2ccccc2)cc1. The van der Waals surface area contributed by atoms with Crippen LogP contribution in [0, 0.1) is 0 Å². The first kappa shape index (κ1) is 26.9. The molecule has 0 unspecified atom stereocenters. The fourth-order valence-electron chi connectivity index (χ4n) is 3.21. The largest absolute Gasteiger partial charge is 0.489 e. The fraction of sp³-hybridized carbons (Fsp3) is 0.269. The molecule has 0 heterocycles. The van der Waals surface area contributed by atoms with E-state index in [9.17, 15) is 13.2 Å². The zero-order valence-electron chi connectivity index (χ0n) is 19.5. The minimum Gasteiger partial charge on any atom is -0.489 e. The molecule has 0 aliphatic carbocycles. The maximum absolute atomic E-state index is 12.4. The van der Waals surface area contributed by atoms with Crippen LogP contribution in [0.3, 0.4) is 0 Å². The third-order valence-corrected chi connectivity index (χ3v) is 7.54. The Morgan fingerprint density at radius 1 is 0.971 bits per heavy atom. The van der Waals surface area contributed by atoms with Crippen molar-refractivity contribution in [3.63, 3.8) is 0 Å². The number of nitrogens with zero attached hydrogens (tertiary/aromatic N) is 1. The monoisotopic (exact) mass is 532 g/mol. The maximum Gasteiger partial charge on any atom is 0.240 e. The van der Waals surface area contributed by atoms with Crippen molar-refractivity contribution in [2.75, 3.05) is 29.4 Å². The molecule has 1 N–H and O–H groups in total. The van der Waals surface area contributed by atoms with E-state index in [2.05, 4.69) is 5.32 Å². The molecule has 0 fully saturated rings. The van der Waals surface area contributed by atoms with Crippen molar-refractivity contribution < 1.29 is 17.9 Å². The van der Waals surface area contributed by atoms with Crippen molar-refractivity contribution >= 4 is 45.0 Å². The highest BCUT2D eigenvalue weighted by Gasteiger charge is 2.20. The van der Waals surface area contributed by atoms with E-state index < -0.39 is 10.0 Å². The number of carbonyl (C=O) groups excluding carboxylic acids is 1. The van der Waals surface area contributed by atoms with Gasteiger partial charge in [-0.3, -0.25) is 9.10 Å². The Labute approximate surface area is 216 Å². The zero-order valence-corrected chi connectivity index (χ0v) is 21.9. The van der Waals surface area contributed by atoms with Crippen LogP contribution < -0.4 is 14.4 Å². The van der Waals surface area contributed by atoms with Crippen LogP contribution in [-0.2, 0) is 27.2 Å². The standard InChI is InChI=1S/C26H29ClN2O4S2/c1-35(31,32)29(24-12-14-25(15-13-24)33-19-21-6-3-2-4-7-21)18-26(30)28-16-5-17-34-20-22-8-10-23(27)11-9-22/h2-4,6-15H,5,16-20H2,1H3,(H,28,30). The molecule has 6 nitrogen and oxygen atoms in total. The summed E-state index contributed by atoms with van der Waals surface area (Å²) < 4.78 is 31.5. The second-order valence-corrected chi connectivity index (χ2v) is 11.4. The first-order valence-corrected chi connectivity index (χ1v) is 14.5. The molecule has 0 saturated carbocycles. The number of thioether (sulfide) groups is 1. The fourth-order valence-corrected chi connectivity index (χ4v) is 5.11. The Morgan fingerprint density at radius 2 is 1.66 bits per heavy atom. The lowest BCUT2D eigenvalue weighted by molar-refractivity contribution is -0.119. The van der Waals surface area contributed by atoms with Crippen molar-refractivity contribution in [3.05, 3.63) is 95.0 Å². The van der Waals surface area contributed by atoms with E-state index in [1.54, 1.807) is 36.0 Å². The number of hydrogen-bond acceptors (Lipinski definition) is 5. The predicted octanol–water partition coefficient (Wildman–Crippen LogP) is 5.12. The van der Waals surface area contributed by atoms with Gasteiger partial charge in [0.05, 0.1) is 11.9 Å². The third-order valence-electron chi connectivity index (χ3n) is 5.03. The molecule has 0 aliphatic rings. The Balaban J connectivity index is 1.43. The number of sulfonamides is 1. The van der Waals surface area contributed by atoms with Crippen molar-refractivity contribution in [1.82, 2.24) is 5.32 Å². The van der Waals surface area contributed by atoms with Crippen LogP contribution >= 0.6 is 23.4 Å². The first-order chi connectivity index (χ1) is 16.8. The van der Waals surface area contributed by atoms with E-state index in [4.69, 9.17) is 16.3 Å². The summed E-state index contributed by atoms with van der Waals surface area (Å²) in [5, 5.41) is 3.53. The Hall–Kier alpha value is -2.68. The lowest BCUT2D eigenvalue weighted by atomic mass is 10.2. The zero-order chi connectivity index (χ0) is 25.1. The average molecular weight is 533 g/mol. The van der Waals surface area contributed by atoms with Crippen LogP contribution in [0.4, 0.5) is 5.69 Å². The summed E-state index contributed by atoms with van der Waals surface area (Å²) in [7, 11) is -3.64. The van der Waals surface area contributed by atoms with Crippen molar-refractivity contribution in [1.29, 1.82) is 0 Å². The molecule has 0 atom stereocenters. The van der Waals surface area contributed by atoms with E-state index >= 15 is 0 Å². The smallest absolute Gasteiger partial charge is 0.240 e. The van der Waals surface area contributed by atoms with Crippen LogP contribution in [0.1, 0.15) is 17.5 Å². The molecule has 1 amide bonds. The predicted molar refractivity (Wildman–Crippen MR) is 145 cm³/mol. The average Bonchev–Trinajstić information content (AvgIpc) is 2.85. The molecule has 0 saturated heterocycles. The molecule has 0 radical (unpaired) electrons. The quantitative estimate of drug-likeness (QED) is 0.309. The van der Waals surface area contributed by atoms with E-state index in [1.807, 2.05) is 54.6 Å². The highest BCUT2D eigenvalue weighted by molar-refractivity contribution is 7.98. The van der Waals surface area contributed by atoms with Gasteiger partial charge in [-0.05, 0) is 59.7 Å². The van der Waals surface area contributed by atoms with Gasteiger partial charge in [-0.1, -0.05) is 54.1 Å². The lowest BCUT2D eigenvalue weighted by Crippen LogP contribution is -2.40. The first-order valence-electron chi connectivity index (χ1n) is 11.1. The Kier molecular flexibility index (Phi) is 10.3. The molecule has 3 rings (SSSR count). The van der Waals surface area contributed by atoms with E-state index in [0.717, 1.165) is 39.1 Å². The van der Waals surface area contributed by atoms with Gasteiger partial charge in [0, 0.05) is 17.3 Å². The number of carbonyl (C=O) groups is 1. The van der Waals surface area contributed by atoms with Gasteiger partial charge >= 0.3 is 0 Å². The van der Waals surface area contributed by atoms with Gasteiger partial charge in [-0.2, -0.15) is 11.8 Å². The van der Waals surface area contributed by atoms with Crippen LogP contribution in [0.25, 0.3) is 0 Å². The van der Waals surface area contributed by atoms with Crippen molar-refractivity contribution in [3.8, 4) is 5.75 Å². The summed E-state index contributed by atoms with van der Waals surface area (Å²) in [6.07, 6.45) is 1.88. The minimum atomic E-state index is -3.64. The molecule has 3 aromatic carbocycles. The molecule has 0 bridgehead atoms. The number of hydrogen-bond donors (Lipinski definition) is 1. The van der Waals surface area contributed by atoms with Gasteiger partial charge < -0.3 is 10.1 Å². The summed E-state index contributed by atoms with van der Waals surface area (Å²) in [6, 6.07) is 24.2. The minimum absolute atomic E-state index is 0.277. The number of nitrogens with one attached hydrogen (secondary N) is 1. The molecular formula is C26H29ClN2O4S2. The van der Waals surface area contributed by atoms with Crippen LogP contribution in [0.5, 0.6) is 5.75 Å². The van der Waals surface area contributed by atoms with Gasteiger partial charge in [0.2, 0.25) is 15.9 Å². The molecule has 0 aliphatic heterocycles. The van der Waals surface area contributed by atoms with E-state index in [0.29, 0.717) is 24.6 Å². The molecule has 0 spiro atoms. The van der Waals surface area contributed by atoms with Gasteiger partial charge in [0.15, 0.2) is 0 Å². The number of amides is 1. The second kappa shape index (κ2) is 13.4. The molecular weight excluding hydrogens is 504 g/mol. The Morgan fingerprint density at radius 3 is 2.31 bits per heavy atom. The van der Waals surface area contributed by atoms with Crippen LogP contribution in [0.2, 0.25) is 5.02 Å². The number of ether oxygens (including phenoxy) is 1. The molecule has 3 aromatic rings. The number of benzene rings is 3. The summed E-state index contributed by atoms with van der Waals surface area (Å²) in [4.78, 5) is 12.4. The number of anilines is 1. The number of halogens is 1. The molecule has 0 aromatic heterocycles. The van der Waals surface area contributed by atoms with E-state index in [-0.39, 0.29) is 12.5 Å². The highest BCUT2D eigenvalue weighted by atomic mass is 35.5. The third kappa shape index (κ3) is 9.47. The molecule has 186 valence electrons. The van der Waals surface area contributed by atoms with Gasteiger partial charge in [-0.15, -0.1) is 0 Å². The Bertz CT molecular complexity index is 1170. The normalized spacial score (nSPS) is 11.1. The number of rotatable bonds is 13. The van der Waals surface area contributed by atoms with Crippen molar-refractivity contribution in [2.45, 2.75) is 18.8 Å². The second-order valence-electron chi connectivity index (χ2n) is 7.92.